The molecule has 1 atom stereocenters. The van der Waals surface area contributed by atoms with E-state index in [2.05, 4.69) is 0 Å². The van der Waals surface area contributed by atoms with Gasteiger partial charge in [-0.05, 0) is 25.7 Å². The topological polar surface area (TPSA) is 81.1 Å². The van der Waals surface area contributed by atoms with Crippen LogP contribution in [0.5, 0.6) is 0 Å². The molecule has 6 nitrogen and oxygen atoms in total. The summed E-state index contributed by atoms with van der Waals surface area (Å²) in [5, 5.41) is 21.6. The van der Waals surface area contributed by atoms with Gasteiger partial charge in [0.1, 0.15) is 0 Å². The quantitative estimate of drug-likeness (QED) is 0.807. The Kier molecular flexibility index (Phi) is 4.71. The van der Waals surface area contributed by atoms with Gasteiger partial charge in [-0.25, -0.2) is 0 Å². The van der Waals surface area contributed by atoms with Gasteiger partial charge >= 0.3 is 0 Å². The van der Waals surface area contributed by atoms with Crippen molar-refractivity contribution in [3.63, 3.8) is 0 Å². The van der Waals surface area contributed by atoms with E-state index in [1.165, 1.54) is 12.8 Å². The number of aliphatic hydroxyl groups excluding tert-OH is 1. The summed E-state index contributed by atoms with van der Waals surface area (Å²) in [6.45, 7) is 0.699. The molecule has 2 aliphatic carbocycles. The average Bonchev–Trinajstić information content (AvgIpc) is 3.15. The number of hydrogen-bond acceptors (Lipinski definition) is 4. The van der Waals surface area contributed by atoms with Crippen LogP contribution < -0.4 is 0 Å². The molecule has 2 saturated carbocycles. The van der Waals surface area contributed by atoms with Crippen LogP contribution in [-0.2, 0) is 9.59 Å². The third-order valence-electron chi connectivity index (χ3n) is 6.94. The van der Waals surface area contributed by atoms with Crippen molar-refractivity contribution >= 4 is 11.8 Å². The highest BCUT2D eigenvalue weighted by atomic mass is 16.3. The molecule has 1 saturated heterocycles. The number of aliphatic hydroxyl groups is 2. The molecule has 144 valence electrons. The van der Waals surface area contributed by atoms with Gasteiger partial charge in [0.15, 0.2) is 11.4 Å². The minimum absolute atomic E-state index is 0.116. The van der Waals surface area contributed by atoms with E-state index in [1.54, 1.807) is 9.80 Å². The lowest BCUT2D eigenvalue weighted by atomic mass is 9.90. The second-order valence-corrected chi connectivity index (χ2v) is 8.45. The Balaban J connectivity index is 1.52. The minimum atomic E-state index is -1.71. The van der Waals surface area contributed by atoms with Crippen molar-refractivity contribution in [1.29, 1.82) is 0 Å². The molecule has 0 aromatic rings. The second kappa shape index (κ2) is 6.87. The normalized spacial score (nSPS) is 32.2. The Hall–Kier alpha value is -1.56. The summed E-state index contributed by atoms with van der Waals surface area (Å²) in [6, 6.07) is 0.310. The van der Waals surface area contributed by atoms with Crippen molar-refractivity contribution in [1.82, 2.24) is 9.80 Å². The fourth-order valence-corrected chi connectivity index (χ4v) is 5.35. The van der Waals surface area contributed by atoms with E-state index in [4.69, 9.17) is 0 Å². The van der Waals surface area contributed by atoms with E-state index >= 15 is 0 Å². The SMILES string of the molecule is O=C1C(O)=C([C@@]2(O)CCN(C3CCCCC3)C2=O)CN1C1CCCCC1. The minimum Gasteiger partial charge on any atom is -0.503 e. The number of carbonyl (C=O) groups excluding carboxylic acids is 2. The highest BCUT2D eigenvalue weighted by Gasteiger charge is 2.54. The molecule has 0 unspecified atom stereocenters. The molecule has 2 aliphatic heterocycles. The van der Waals surface area contributed by atoms with Crippen LogP contribution in [0.2, 0.25) is 0 Å². The molecule has 0 spiro atoms. The first-order chi connectivity index (χ1) is 12.5. The lowest BCUT2D eigenvalue weighted by molar-refractivity contribution is -0.142. The Morgan fingerprint density at radius 1 is 0.846 bits per heavy atom. The predicted molar refractivity (Wildman–Crippen MR) is 96.4 cm³/mol. The van der Waals surface area contributed by atoms with Gasteiger partial charge in [0.05, 0.1) is 0 Å². The van der Waals surface area contributed by atoms with Crippen LogP contribution in [0.1, 0.15) is 70.6 Å². The molecule has 26 heavy (non-hydrogen) atoms. The van der Waals surface area contributed by atoms with Gasteiger partial charge in [0.25, 0.3) is 11.8 Å². The van der Waals surface area contributed by atoms with Crippen LogP contribution in [0.3, 0.4) is 0 Å². The van der Waals surface area contributed by atoms with E-state index in [9.17, 15) is 19.8 Å². The van der Waals surface area contributed by atoms with Gasteiger partial charge in [-0.3, -0.25) is 9.59 Å². The highest BCUT2D eigenvalue weighted by molar-refractivity contribution is 6.00. The van der Waals surface area contributed by atoms with Gasteiger partial charge in [-0.1, -0.05) is 38.5 Å². The zero-order valence-corrected chi connectivity index (χ0v) is 15.5. The summed E-state index contributed by atoms with van der Waals surface area (Å²) in [6.07, 6.45) is 10.9. The summed E-state index contributed by atoms with van der Waals surface area (Å²) in [7, 11) is 0. The number of amides is 2. The van der Waals surface area contributed by atoms with Crippen molar-refractivity contribution in [3.05, 3.63) is 11.3 Å². The third-order valence-corrected chi connectivity index (χ3v) is 6.94. The largest absolute Gasteiger partial charge is 0.503 e. The summed E-state index contributed by atoms with van der Waals surface area (Å²) < 4.78 is 0. The molecular formula is C20H30N2O4. The Morgan fingerprint density at radius 2 is 1.38 bits per heavy atom. The average molecular weight is 362 g/mol. The number of nitrogens with zero attached hydrogens (tertiary/aromatic N) is 2. The van der Waals surface area contributed by atoms with Crippen molar-refractivity contribution in [2.75, 3.05) is 13.1 Å². The summed E-state index contributed by atoms with van der Waals surface area (Å²) in [5.41, 5.74) is -1.47. The van der Waals surface area contributed by atoms with Crippen LogP contribution in [0, 0.1) is 0 Å². The number of likely N-dealkylation sites (tertiary alicyclic amines) is 1. The van der Waals surface area contributed by atoms with Gasteiger partial charge < -0.3 is 20.0 Å². The number of hydrogen-bond donors (Lipinski definition) is 2. The molecule has 4 aliphatic rings. The number of carbonyl (C=O) groups is 2. The van der Waals surface area contributed by atoms with Crippen LogP contribution >= 0.6 is 0 Å². The molecule has 6 heteroatoms. The molecule has 0 radical (unpaired) electrons. The number of rotatable bonds is 3. The van der Waals surface area contributed by atoms with Crippen molar-refractivity contribution in [2.24, 2.45) is 0 Å². The first-order valence-corrected chi connectivity index (χ1v) is 10.3. The first-order valence-electron chi connectivity index (χ1n) is 10.3. The third kappa shape index (κ3) is 2.82. The van der Waals surface area contributed by atoms with Gasteiger partial charge in [0, 0.05) is 37.2 Å². The van der Waals surface area contributed by atoms with E-state index in [1.807, 2.05) is 0 Å². The molecule has 2 amide bonds. The zero-order chi connectivity index (χ0) is 18.3. The van der Waals surface area contributed by atoms with Gasteiger partial charge in [-0.2, -0.15) is 0 Å². The Labute approximate surface area is 154 Å². The van der Waals surface area contributed by atoms with Crippen molar-refractivity contribution in [3.8, 4) is 0 Å². The summed E-state index contributed by atoms with van der Waals surface area (Å²) >= 11 is 0. The lowest BCUT2D eigenvalue weighted by Gasteiger charge is -2.33. The highest BCUT2D eigenvalue weighted by Crippen LogP contribution is 2.39. The summed E-state index contributed by atoms with van der Waals surface area (Å²) in [5.74, 6) is -1.12. The zero-order valence-electron chi connectivity index (χ0n) is 15.5. The van der Waals surface area contributed by atoms with Crippen LogP contribution in [0.15, 0.2) is 11.3 Å². The van der Waals surface area contributed by atoms with Crippen LogP contribution in [-0.4, -0.2) is 62.6 Å². The fourth-order valence-electron chi connectivity index (χ4n) is 5.35. The van der Waals surface area contributed by atoms with Crippen LogP contribution in [0.25, 0.3) is 0 Å². The van der Waals surface area contributed by atoms with Crippen molar-refractivity contribution < 1.29 is 19.8 Å². The maximum absolute atomic E-state index is 13.0. The van der Waals surface area contributed by atoms with Crippen LogP contribution in [0.4, 0.5) is 0 Å². The molecule has 0 aromatic heterocycles. The fraction of sp³-hybridized carbons (Fsp3) is 0.800. The second-order valence-electron chi connectivity index (χ2n) is 8.45. The van der Waals surface area contributed by atoms with Crippen molar-refractivity contribution in [2.45, 2.75) is 88.3 Å². The molecule has 3 fully saturated rings. The smallest absolute Gasteiger partial charge is 0.289 e. The Morgan fingerprint density at radius 3 is 1.96 bits per heavy atom. The van der Waals surface area contributed by atoms with E-state index in [0.29, 0.717) is 6.54 Å². The Bertz CT molecular complexity index is 619. The standard InChI is InChI=1S/C20H30N2O4/c23-17-16(13-22(18(17)24)15-9-5-2-6-10-15)20(26)11-12-21(19(20)25)14-7-3-1-4-8-14/h14-15,23,26H,1-13H2/t20-/m0/s1. The maximum Gasteiger partial charge on any atom is 0.289 e. The molecule has 0 bridgehead atoms. The van der Waals surface area contributed by atoms with E-state index in [-0.39, 0.29) is 36.5 Å². The monoisotopic (exact) mass is 362 g/mol. The molecular weight excluding hydrogens is 332 g/mol. The van der Waals surface area contributed by atoms with E-state index in [0.717, 1.165) is 51.4 Å². The predicted octanol–water partition coefficient (Wildman–Crippen LogP) is 2.27. The molecule has 0 aromatic carbocycles. The lowest BCUT2D eigenvalue weighted by Crippen LogP contribution is -2.47. The molecule has 2 heterocycles. The molecule has 4 rings (SSSR count). The summed E-state index contributed by atoms with van der Waals surface area (Å²) in [4.78, 5) is 29.1. The van der Waals surface area contributed by atoms with E-state index < -0.39 is 17.3 Å². The van der Waals surface area contributed by atoms with Gasteiger partial charge in [-0.15, -0.1) is 0 Å². The first kappa shape index (κ1) is 17.8. The molecule has 2 N–H and O–H groups in total. The maximum atomic E-state index is 13.0. The van der Waals surface area contributed by atoms with Gasteiger partial charge in [0.2, 0.25) is 0 Å².